The van der Waals surface area contributed by atoms with Gasteiger partial charge in [-0.2, -0.15) is 0 Å². The molecule has 0 radical (unpaired) electrons. The van der Waals surface area contributed by atoms with Gasteiger partial charge in [0.15, 0.2) is 24.2 Å². The van der Waals surface area contributed by atoms with Gasteiger partial charge in [0, 0.05) is 30.3 Å². The van der Waals surface area contributed by atoms with E-state index in [1.807, 2.05) is 13.0 Å². The van der Waals surface area contributed by atoms with Crippen molar-refractivity contribution in [2.24, 2.45) is 0 Å². The summed E-state index contributed by atoms with van der Waals surface area (Å²) in [7, 11) is 2.16. The zero-order chi connectivity index (χ0) is 21.8. The molecule has 1 atom stereocenters. The van der Waals surface area contributed by atoms with E-state index in [-0.39, 0.29) is 18.4 Å². The molecule has 2 aliphatic rings. The Morgan fingerprint density at radius 3 is 2.74 bits per heavy atom. The zero-order valence-electron chi connectivity index (χ0n) is 18.8. The van der Waals surface area contributed by atoms with E-state index in [4.69, 9.17) is 9.47 Å². The van der Waals surface area contributed by atoms with Gasteiger partial charge in [-0.15, -0.1) is 10.2 Å². The summed E-state index contributed by atoms with van der Waals surface area (Å²) in [6.45, 7) is 6.29. The number of hydrogen-bond acceptors (Lipinski definition) is 6. The molecule has 1 unspecified atom stereocenters. The summed E-state index contributed by atoms with van der Waals surface area (Å²) in [6, 6.07) is 4.05. The van der Waals surface area contributed by atoms with Crippen LogP contribution in [-0.4, -0.2) is 54.7 Å². The molecule has 4 rings (SSSR count). The fourth-order valence-corrected chi connectivity index (χ4v) is 4.62. The van der Waals surface area contributed by atoms with Crippen LogP contribution in [0.4, 0.5) is 10.2 Å². The fraction of sp³-hybridized carbons (Fsp3) is 0.583. The number of ether oxygens (including phenoxy) is 2. The number of nitrogens with one attached hydrogen (secondary N) is 1. The normalized spacial score (nSPS) is 19.2. The highest BCUT2D eigenvalue weighted by Gasteiger charge is 2.26. The average Bonchev–Trinajstić information content (AvgIpc) is 2.77. The largest absolute Gasteiger partial charge is 0.464 e. The van der Waals surface area contributed by atoms with Gasteiger partial charge in [-0.05, 0) is 83.2 Å². The summed E-state index contributed by atoms with van der Waals surface area (Å²) < 4.78 is 26.0. The van der Waals surface area contributed by atoms with Crippen molar-refractivity contribution in [2.75, 3.05) is 38.9 Å². The molecule has 1 aliphatic carbocycles. The van der Waals surface area contributed by atoms with E-state index < -0.39 is 0 Å². The van der Waals surface area contributed by atoms with Crippen molar-refractivity contribution >= 4 is 5.82 Å². The second-order valence-corrected chi connectivity index (χ2v) is 8.64. The molecule has 1 aliphatic heterocycles. The Hall–Kier alpha value is -2.25. The number of fused-ring (bicyclic) bond motifs is 1. The number of likely N-dealkylation sites (tertiary alicyclic amines) is 1. The lowest BCUT2D eigenvalue weighted by Crippen LogP contribution is -2.40. The Bertz CT molecular complexity index is 921. The van der Waals surface area contributed by atoms with Gasteiger partial charge < -0.3 is 19.7 Å². The van der Waals surface area contributed by atoms with E-state index in [0.717, 1.165) is 62.3 Å². The van der Waals surface area contributed by atoms with Crippen molar-refractivity contribution in [1.82, 2.24) is 15.1 Å². The van der Waals surface area contributed by atoms with Crippen molar-refractivity contribution in [2.45, 2.75) is 58.4 Å². The second-order valence-electron chi connectivity index (χ2n) is 8.64. The van der Waals surface area contributed by atoms with Crippen molar-refractivity contribution < 1.29 is 13.9 Å². The van der Waals surface area contributed by atoms with Crippen LogP contribution in [-0.2, 0) is 17.6 Å². The molecule has 7 heteroatoms. The lowest BCUT2D eigenvalue weighted by molar-refractivity contribution is 0.0204. The Kier molecular flexibility index (Phi) is 7.02. The number of anilines is 1. The van der Waals surface area contributed by atoms with Gasteiger partial charge in [0.25, 0.3) is 0 Å². The molecular weight excluding hydrogens is 395 g/mol. The third-order valence-corrected chi connectivity index (χ3v) is 6.29. The summed E-state index contributed by atoms with van der Waals surface area (Å²) >= 11 is 0. The van der Waals surface area contributed by atoms with Crippen molar-refractivity contribution in [1.29, 1.82) is 0 Å². The van der Waals surface area contributed by atoms with Crippen molar-refractivity contribution in [3.05, 3.63) is 34.6 Å². The number of hydrogen-bond donors (Lipinski definition) is 1. The number of aromatic nitrogens is 2. The van der Waals surface area contributed by atoms with E-state index in [1.165, 1.54) is 12.0 Å². The molecule has 1 aromatic carbocycles. The number of halogens is 1. The summed E-state index contributed by atoms with van der Waals surface area (Å²) in [5.74, 6) is 0.726. The van der Waals surface area contributed by atoms with Crippen LogP contribution in [0.5, 0.6) is 5.75 Å². The van der Waals surface area contributed by atoms with Crippen LogP contribution in [0.1, 0.15) is 49.3 Å². The second kappa shape index (κ2) is 9.92. The van der Waals surface area contributed by atoms with Crippen LogP contribution in [0.2, 0.25) is 0 Å². The molecule has 0 spiro atoms. The van der Waals surface area contributed by atoms with Gasteiger partial charge >= 0.3 is 0 Å². The minimum absolute atomic E-state index is 0.00826. The van der Waals surface area contributed by atoms with Gasteiger partial charge in [-0.3, -0.25) is 0 Å². The third-order valence-electron chi connectivity index (χ3n) is 6.29. The molecule has 1 aromatic heterocycles. The highest BCUT2D eigenvalue weighted by molar-refractivity contribution is 5.73. The van der Waals surface area contributed by atoms with E-state index in [9.17, 15) is 4.39 Å². The van der Waals surface area contributed by atoms with Gasteiger partial charge in [0.2, 0.25) is 0 Å². The number of rotatable bonds is 7. The first-order valence-electron chi connectivity index (χ1n) is 11.4. The lowest BCUT2D eigenvalue weighted by Gasteiger charge is -2.31. The van der Waals surface area contributed by atoms with Gasteiger partial charge in [-0.25, -0.2) is 4.39 Å². The summed E-state index contributed by atoms with van der Waals surface area (Å²) in [5.41, 5.74) is 4.30. The molecule has 168 valence electrons. The van der Waals surface area contributed by atoms with Crippen LogP contribution >= 0.6 is 0 Å². The van der Waals surface area contributed by atoms with E-state index in [2.05, 4.69) is 27.5 Å². The lowest BCUT2D eigenvalue weighted by atomic mass is 9.88. The molecule has 1 N–H and O–H groups in total. The number of nitrogens with zero attached hydrogens (tertiary/aromatic N) is 3. The number of likely N-dealkylation sites (N-methyl/N-ethyl adjacent to an activating group) is 1. The molecule has 2 heterocycles. The Balaban J connectivity index is 1.70. The van der Waals surface area contributed by atoms with E-state index in [0.29, 0.717) is 23.8 Å². The third kappa shape index (κ3) is 4.83. The standard InChI is InChI=1S/C24H33FN4O2/c1-4-30-15-31-23-20(12-11-16(2)21(23)25)22-18-9-5-6-10-19(18)24(28-27-22)26-17-8-7-13-29(3)14-17/h11-12,17H,4-10,13-15H2,1-3H3,(H,26,28). The Labute approximate surface area is 184 Å². The SMILES string of the molecule is CCOCOc1c(-c2nnc(NC3CCCN(C)C3)c3c2CCCC3)ccc(C)c1F. The molecule has 31 heavy (non-hydrogen) atoms. The topological polar surface area (TPSA) is 59.5 Å². The minimum Gasteiger partial charge on any atom is -0.464 e. The predicted molar refractivity (Wildman–Crippen MR) is 120 cm³/mol. The van der Waals surface area contributed by atoms with Gasteiger partial charge in [0.1, 0.15) is 5.69 Å². The first-order chi connectivity index (χ1) is 15.1. The van der Waals surface area contributed by atoms with Crippen LogP contribution < -0.4 is 10.1 Å². The predicted octanol–water partition coefficient (Wildman–Crippen LogP) is 4.35. The van der Waals surface area contributed by atoms with Crippen molar-refractivity contribution in [3.63, 3.8) is 0 Å². The van der Waals surface area contributed by atoms with E-state index >= 15 is 0 Å². The quantitative estimate of drug-likeness (QED) is 0.523. The molecule has 6 nitrogen and oxygen atoms in total. The highest BCUT2D eigenvalue weighted by atomic mass is 19.1. The maximum atomic E-state index is 15.0. The first-order valence-corrected chi connectivity index (χ1v) is 11.4. The molecule has 0 amide bonds. The smallest absolute Gasteiger partial charge is 0.189 e. The molecule has 0 saturated carbocycles. The fourth-order valence-electron chi connectivity index (χ4n) is 4.62. The number of piperidine rings is 1. The summed E-state index contributed by atoms with van der Waals surface area (Å²) in [4.78, 5) is 2.35. The van der Waals surface area contributed by atoms with Gasteiger partial charge in [-0.1, -0.05) is 6.07 Å². The highest BCUT2D eigenvalue weighted by Crippen LogP contribution is 2.39. The van der Waals surface area contributed by atoms with Crippen molar-refractivity contribution in [3.8, 4) is 17.0 Å². The summed E-state index contributed by atoms with van der Waals surface area (Å²) in [6.07, 6.45) is 6.44. The zero-order valence-corrected chi connectivity index (χ0v) is 18.8. The maximum absolute atomic E-state index is 15.0. The molecular formula is C24H33FN4O2. The first kappa shape index (κ1) is 22.0. The van der Waals surface area contributed by atoms with Crippen LogP contribution in [0.3, 0.4) is 0 Å². The Morgan fingerprint density at radius 1 is 1.16 bits per heavy atom. The molecule has 2 aromatic rings. The average molecular weight is 429 g/mol. The summed E-state index contributed by atoms with van der Waals surface area (Å²) in [5, 5.41) is 12.8. The number of aryl methyl sites for hydroxylation is 1. The Morgan fingerprint density at radius 2 is 1.97 bits per heavy atom. The minimum atomic E-state index is -0.365. The van der Waals surface area contributed by atoms with Crippen LogP contribution in [0, 0.1) is 12.7 Å². The number of benzene rings is 1. The van der Waals surface area contributed by atoms with Crippen LogP contribution in [0.15, 0.2) is 12.1 Å². The molecule has 1 fully saturated rings. The van der Waals surface area contributed by atoms with Crippen LogP contribution in [0.25, 0.3) is 11.3 Å². The molecule has 0 bridgehead atoms. The maximum Gasteiger partial charge on any atom is 0.189 e. The van der Waals surface area contributed by atoms with Gasteiger partial charge in [0.05, 0.1) is 0 Å². The van der Waals surface area contributed by atoms with E-state index in [1.54, 1.807) is 13.0 Å². The molecule has 1 saturated heterocycles. The monoisotopic (exact) mass is 428 g/mol.